The Kier molecular flexibility index (Phi) is 4.85. The third-order valence-corrected chi connectivity index (χ3v) is 5.85. The van der Waals surface area contributed by atoms with Gasteiger partial charge < -0.3 is 5.32 Å². The van der Waals surface area contributed by atoms with E-state index in [9.17, 15) is 4.79 Å². The number of hydrogen-bond donors (Lipinski definition) is 1. The van der Waals surface area contributed by atoms with Gasteiger partial charge in [0, 0.05) is 25.0 Å². The van der Waals surface area contributed by atoms with Gasteiger partial charge in [-0.15, -0.1) is 0 Å². The van der Waals surface area contributed by atoms with Crippen molar-refractivity contribution in [3.8, 4) is 0 Å². The molecular formula is C17H11Br3N2O. The lowest BCUT2D eigenvalue weighted by atomic mass is 10.1. The van der Waals surface area contributed by atoms with Gasteiger partial charge in [-0.25, -0.2) is 0 Å². The molecular weight excluding hydrogens is 488 g/mol. The lowest BCUT2D eigenvalue weighted by Gasteiger charge is -2.12. The van der Waals surface area contributed by atoms with Crippen LogP contribution in [-0.4, -0.2) is 10.9 Å². The SMILES string of the molecule is Cc1ccc(Br)c(C(=O)Nc2ccc(Br)c3cccnc23)c1Br. The van der Waals surface area contributed by atoms with Crippen LogP contribution >= 0.6 is 47.8 Å². The van der Waals surface area contributed by atoms with Crippen LogP contribution in [0.15, 0.2) is 56.0 Å². The molecule has 0 unspecified atom stereocenters. The molecule has 1 aromatic heterocycles. The average molecular weight is 499 g/mol. The minimum Gasteiger partial charge on any atom is -0.320 e. The zero-order valence-corrected chi connectivity index (χ0v) is 16.8. The number of anilines is 1. The van der Waals surface area contributed by atoms with Crippen LogP contribution in [-0.2, 0) is 0 Å². The van der Waals surface area contributed by atoms with Crippen LogP contribution in [0.2, 0.25) is 0 Å². The molecule has 1 N–H and O–H groups in total. The van der Waals surface area contributed by atoms with E-state index >= 15 is 0 Å². The Morgan fingerprint density at radius 2 is 1.78 bits per heavy atom. The van der Waals surface area contributed by atoms with Crippen LogP contribution in [0.5, 0.6) is 0 Å². The second-order valence-corrected chi connectivity index (χ2v) is 7.50. The summed E-state index contributed by atoms with van der Waals surface area (Å²) in [5.74, 6) is -0.193. The van der Waals surface area contributed by atoms with Crippen molar-refractivity contribution in [2.24, 2.45) is 0 Å². The van der Waals surface area contributed by atoms with Gasteiger partial charge in [-0.2, -0.15) is 0 Å². The summed E-state index contributed by atoms with van der Waals surface area (Å²) in [5, 5.41) is 3.91. The first-order chi connectivity index (χ1) is 11.0. The number of carbonyl (C=O) groups is 1. The zero-order chi connectivity index (χ0) is 16.6. The summed E-state index contributed by atoms with van der Waals surface area (Å²) >= 11 is 10.4. The highest BCUT2D eigenvalue weighted by Gasteiger charge is 2.17. The Balaban J connectivity index is 2.05. The molecule has 0 saturated heterocycles. The van der Waals surface area contributed by atoms with Gasteiger partial charge in [-0.3, -0.25) is 9.78 Å². The molecule has 2 aromatic carbocycles. The fourth-order valence-corrected chi connectivity index (χ4v) is 4.04. The van der Waals surface area contributed by atoms with Gasteiger partial charge in [0.05, 0.1) is 16.8 Å². The predicted octanol–water partition coefficient (Wildman–Crippen LogP) is 6.08. The third kappa shape index (κ3) is 3.20. The van der Waals surface area contributed by atoms with Crippen molar-refractivity contribution in [3.05, 3.63) is 67.1 Å². The second-order valence-electron chi connectivity index (χ2n) is 5.00. The van der Waals surface area contributed by atoms with Crippen LogP contribution < -0.4 is 5.32 Å². The Morgan fingerprint density at radius 1 is 1.04 bits per heavy atom. The molecule has 6 heteroatoms. The highest BCUT2D eigenvalue weighted by atomic mass is 79.9. The van der Waals surface area contributed by atoms with E-state index in [1.807, 2.05) is 43.3 Å². The number of carbonyl (C=O) groups excluding carboxylic acids is 1. The van der Waals surface area contributed by atoms with Crippen LogP contribution in [0.3, 0.4) is 0 Å². The maximum Gasteiger partial charge on any atom is 0.258 e. The number of aromatic nitrogens is 1. The van der Waals surface area contributed by atoms with E-state index in [2.05, 4.69) is 58.1 Å². The number of benzene rings is 2. The van der Waals surface area contributed by atoms with Crippen molar-refractivity contribution < 1.29 is 4.79 Å². The van der Waals surface area contributed by atoms with Crippen molar-refractivity contribution in [2.45, 2.75) is 6.92 Å². The molecule has 3 nitrogen and oxygen atoms in total. The maximum atomic E-state index is 12.7. The summed E-state index contributed by atoms with van der Waals surface area (Å²) in [5.41, 5.74) is 2.98. The summed E-state index contributed by atoms with van der Waals surface area (Å²) in [6.07, 6.45) is 1.71. The first kappa shape index (κ1) is 16.6. The summed E-state index contributed by atoms with van der Waals surface area (Å²) in [4.78, 5) is 17.1. The molecule has 116 valence electrons. The zero-order valence-electron chi connectivity index (χ0n) is 12.0. The predicted molar refractivity (Wildman–Crippen MR) is 104 cm³/mol. The molecule has 0 aliphatic rings. The van der Waals surface area contributed by atoms with Crippen LogP contribution in [0.4, 0.5) is 5.69 Å². The minimum absolute atomic E-state index is 0.193. The fourth-order valence-electron chi connectivity index (χ4n) is 2.29. The summed E-state index contributed by atoms with van der Waals surface area (Å²) < 4.78 is 2.46. The van der Waals surface area contributed by atoms with E-state index in [0.29, 0.717) is 11.3 Å². The van der Waals surface area contributed by atoms with Gasteiger partial charge in [0.25, 0.3) is 5.91 Å². The normalized spacial score (nSPS) is 10.8. The summed E-state index contributed by atoms with van der Waals surface area (Å²) in [6, 6.07) is 11.4. The monoisotopic (exact) mass is 496 g/mol. The lowest BCUT2D eigenvalue weighted by Crippen LogP contribution is -2.14. The second kappa shape index (κ2) is 6.71. The van der Waals surface area contributed by atoms with E-state index in [1.165, 1.54) is 0 Å². The van der Waals surface area contributed by atoms with Gasteiger partial charge in [-0.05, 0) is 68.6 Å². The largest absolute Gasteiger partial charge is 0.320 e. The highest BCUT2D eigenvalue weighted by Crippen LogP contribution is 2.32. The fraction of sp³-hybridized carbons (Fsp3) is 0.0588. The van der Waals surface area contributed by atoms with Crippen molar-refractivity contribution in [2.75, 3.05) is 5.32 Å². The summed E-state index contributed by atoms with van der Waals surface area (Å²) in [7, 11) is 0. The van der Waals surface area contributed by atoms with Crippen molar-refractivity contribution in [1.82, 2.24) is 4.98 Å². The lowest BCUT2D eigenvalue weighted by molar-refractivity contribution is 0.102. The van der Waals surface area contributed by atoms with Crippen LogP contribution in [0.1, 0.15) is 15.9 Å². The number of nitrogens with one attached hydrogen (secondary N) is 1. The molecule has 0 atom stereocenters. The Morgan fingerprint density at radius 3 is 2.57 bits per heavy atom. The molecule has 0 aliphatic heterocycles. The number of amides is 1. The average Bonchev–Trinajstić information content (AvgIpc) is 2.54. The van der Waals surface area contributed by atoms with E-state index in [1.54, 1.807) is 6.20 Å². The number of rotatable bonds is 2. The molecule has 0 radical (unpaired) electrons. The van der Waals surface area contributed by atoms with E-state index in [0.717, 1.165) is 29.9 Å². The number of halogens is 3. The van der Waals surface area contributed by atoms with Gasteiger partial charge in [0.15, 0.2) is 0 Å². The minimum atomic E-state index is -0.193. The van der Waals surface area contributed by atoms with Crippen LogP contribution in [0, 0.1) is 6.92 Å². The van der Waals surface area contributed by atoms with Gasteiger partial charge >= 0.3 is 0 Å². The van der Waals surface area contributed by atoms with Crippen LogP contribution in [0.25, 0.3) is 10.9 Å². The Bertz CT molecular complexity index is 925. The number of hydrogen-bond acceptors (Lipinski definition) is 2. The molecule has 1 heterocycles. The highest BCUT2D eigenvalue weighted by molar-refractivity contribution is 9.11. The molecule has 0 saturated carbocycles. The standard InChI is InChI=1S/C17H11Br3N2O/c1-9-4-5-12(19)14(15(9)20)17(23)22-13-7-6-11(18)10-3-2-8-21-16(10)13/h2-8H,1H3,(H,22,23). The Labute approximate surface area is 158 Å². The molecule has 0 aliphatic carbocycles. The topological polar surface area (TPSA) is 42.0 Å². The Hall–Kier alpha value is -1.24. The number of aryl methyl sites for hydroxylation is 1. The molecule has 0 bridgehead atoms. The third-order valence-electron chi connectivity index (χ3n) is 3.48. The summed E-state index contributed by atoms with van der Waals surface area (Å²) in [6.45, 7) is 1.95. The smallest absolute Gasteiger partial charge is 0.258 e. The van der Waals surface area contributed by atoms with Gasteiger partial charge in [0.2, 0.25) is 0 Å². The molecule has 3 rings (SSSR count). The molecule has 23 heavy (non-hydrogen) atoms. The first-order valence-electron chi connectivity index (χ1n) is 6.78. The number of fused-ring (bicyclic) bond motifs is 1. The van der Waals surface area contributed by atoms with Gasteiger partial charge in [0.1, 0.15) is 0 Å². The molecule has 3 aromatic rings. The maximum absolute atomic E-state index is 12.7. The number of nitrogens with zero attached hydrogens (tertiary/aromatic N) is 1. The quantitative estimate of drug-likeness (QED) is 0.465. The van der Waals surface area contributed by atoms with Gasteiger partial charge in [-0.1, -0.05) is 28.1 Å². The molecule has 0 fully saturated rings. The molecule has 1 amide bonds. The van der Waals surface area contributed by atoms with E-state index in [-0.39, 0.29) is 5.91 Å². The first-order valence-corrected chi connectivity index (χ1v) is 9.16. The van der Waals surface area contributed by atoms with E-state index < -0.39 is 0 Å². The van der Waals surface area contributed by atoms with Crippen molar-refractivity contribution in [1.29, 1.82) is 0 Å². The molecule has 0 spiro atoms. The number of pyridine rings is 1. The van der Waals surface area contributed by atoms with Crippen molar-refractivity contribution >= 4 is 70.3 Å². The van der Waals surface area contributed by atoms with Crippen molar-refractivity contribution in [3.63, 3.8) is 0 Å². The van der Waals surface area contributed by atoms with E-state index in [4.69, 9.17) is 0 Å².